The lowest BCUT2D eigenvalue weighted by molar-refractivity contribution is -0.130. The van der Waals surface area contributed by atoms with Crippen molar-refractivity contribution in [3.8, 4) is 0 Å². The number of pyridine rings is 1. The van der Waals surface area contributed by atoms with Crippen LogP contribution in [0.4, 0.5) is 0 Å². The van der Waals surface area contributed by atoms with Gasteiger partial charge in [0.1, 0.15) is 0 Å². The third-order valence-corrected chi connectivity index (χ3v) is 5.48. The second kappa shape index (κ2) is 7.67. The zero-order valence-corrected chi connectivity index (χ0v) is 16.5. The van der Waals surface area contributed by atoms with E-state index in [1.165, 1.54) is 17.3 Å². The number of hydrogen-bond donors (Lipinski definition) is 1. The van der Waals surface area contributed by atoms with Crippen LogP contribution in [-0.2, 0) is 4.79 Å². The van der Waals surface area contributed by atoms with Crippen molar-refractivity contribution < 1.29 is 14.4 Å². The van der Waals surface area contributed by atoms with Gasteiger partial charge in [0.05, 0.1) is 11.1 Å². The van der Waals surface area contributed by atoms with Gasteiger partial charge >= 0.3 is 0 Å². The van der Waals surface area contributed by atoms with Crippen molar-refractivity contribution in [2.45, 2.75) is 13.0 Å². The first-order chi connectivity index (χ1) is 14.0. The molecule has 148 valence electrons. The van der Waals surface area contributed by atoms with E-state index >= 15 is 0 Å². The third kappa shape index (κ3) is 3.49. The number of Topliss-reactive ketones (excluding diaryl/α,β-unsaturated/α-hetero) is 1. The fraction of sp³-hybridized carbons (Fsp3) is 0.238. The van der Waals surface area contributed by atoms with Gasteiger partial charge in [-0.05, 0) is 25.1 Å². The van der Waals surface area contributed by atoms with E-state index in [-0.39, 0.29) is 22.7 Å². The number of aromatic amines is 1. The minimum absolute atomic E-state index is 0.0744. The van der Waals surface area contributed by atoms with Gasteiger partial charge < -0.3 is 14.8 Å². The fourth-order valence-electron chi connectivity index (χ4n) is 3.66. The van der Waals surface area contributed by atoms with Crippen LogP contribution in [0.1, 0.15) is 27.6 Å². The molecular weight excluding hydrogens is 392 g/mol. The molecule has 1 atom stereocenters. The molecule has 3 heterocycles. The summed E-state index contributed by atoms with van der Waals surface area (Å²) in [7, 11) is 0. The highest BCUT2D eigenvalue weighted by atomic mass is 35.5. The predicted molar refractivity (Wildman–Crippen MR) is 109 cm³/mol. The van der Waals surface area contributed by atoms with Gasteiger partial charge in [0.25, 0.3) is 17.6 Å². The highest BCUT2D eigenvalue weighted by Gasteiger charge is 2.34. The van der Waals surface area contributed by atoms with E-state index in [2.05, 4.69) is 9.97 Å². The number of H-pyrrole nitrogens is 1. The summed E-state index contributed by atoms with van der Waals surface area (Å²) < 4.78 is 0. The van der Waals surface area contributed by atoms with E-state index in [1.54, 1.807) is 23.1 Å². The van der Waals surface area contributed by atoms with E-state index in [1.807, 2.05) is 25.1 Å². The van der Waals surface area contributed by atoms with Crippen molar-refractivity contribution in [2.75, 3.05) is 19.6 Å². The van der Waals surface area contributed by atoms with Gasteiger partial charge in [0.2, 0.25) is 0 Å². The Morgan fingerprint density at radius 3 is 2.62 bits per heavy atom. The molecule has 0 radical (unpaired) electrons. The van der Waals surface area contributed by atoms with Crippen molar-refractivity contribution in [1.82, 2.24) is 19.8 Å². The van der Waals surface area contributed by atoms with Gasteiger partial charge in [-0.15, -0.1) is 0 Å². The Morgan fingerprint density at radius 1 is 1.14 bits per heavy atom. The Kier molecular flexibility index (Phi) is 5.07. The number of halogens is 1. The van der Waals surface area contributed by atoms with Gasteiger partial charge in [-0.25, -0.2) is 4.98 Å². The van der Waals surface area contributed by atoms with Crippen molar-refractivity contribution in [1.29, 1.82) is 0 Å². The first kappa shape index (κ1) is 19.1. The second-order valence-corrected chi connectivity index (χ2v) is 7.38. The molecule has 4 rings (SSSR count). The highest BCUT2D eigenvalue weighted by molar-refractivity contribution is 6.45. The number of fused-ring (bicyclic) bond motifs is 1. The van der Waals surface area contributed by atoms with Gasteiger partial charge in [-0.2, -0.15) is 0 Å². The fourth-order valence-corrected chi connectivity index (χ4v) is 3.87. The Labute approximate surface area is 172 Å². The van der Waals surface area contributed by atoms with Crippen molar-refractivity contribution >= 4 is 40.1 Å². The van der Waals surface area contributed by atoms with Crippen LogP contribution >= 0.6 is 11.6 Å². The van der Waals surface area contributed by atoms with E-state index in [4.69, 9.17) is 11.6 Å². The summed E-state index contributed by atoms with van der Waals surface area (Å²) in [5.74, 6) is -1.26. The summed E-state index contributed by atoms with van der Waals surface area (Å²) in [6, 6.07) is 10.4. The summed E-state index contributed by atoms with van der Waals surface area (Å²) in [5.41, 5.74) is 1.40. The van der Waals surface area contributed by atoms with E-state index in [9.17, 15) is 14.4 Å². The number of piperazine rings is 1. The van der Waals surface area contributed by atoms with Crippen molar-refractivity contribution in [3.05, 3.63) is 65.1 Å². The minimum atomic E-state index is -0.604. The van der Waals surface area contributed by atoms with Gasteiger partial charge in [-0.3, -0.25) is 14.4 Å². The molecule has 0 saturated carbocycles. The average Bonchev–Trinajstić information content (AvgIpc) is 3.18. The summed E-state index contributed by atoms with van der Waals surface area (Å²) >= 11 is 6.04. The monoisotopic (exact) mass is 410 g/mol. The quantitative estimate of drug-likeness (QED) is 0.408. The van der Waals surface area contributed by atoms with E-state index < -0.39 is 11.7 Å². The lowest BCUT2D eigenvalue weighted by Crippen LogP contribution is -2.56. The highest BCUT2D eigenvalue weighted by Crippen LogP contribution is 2.24. The number of hydrogen-bond acceptors (Lipinski definition) is 4. The second-order valence-electron chi connectivity index (χ2n) is 7.02. The number of amides is 2. The maximum atomic E-state index is 12.9. The van der Waals surface area contributed by atoms with Crippen LogP contribution in [0.5, 0.6) is 0 Å². The molecule has 1 unspecified atom stereocenters. The number of nitrogens with zero attached hydrogens (tertiary/aromatic N) is 3. The van der Waals surface area contributed by atoms with E-state index in [0.717, 1.165) is 0 Å². The maximum absolute atomic E-state index is 12.9. The SMILES string of the molecule is CC1CN(C(=O)c2ccccc2)CCN1C(=O)C(=O)c1c[nH]c2c(Cl)nccc12. The number of nitrogens with one attached hydrogen (secondary N) is 1. The predicted octanol–water partition coefficient (Wildman–Crippen LogP) is 2.77. The van der Waals surface area contributed by atoms with Crippen LogP contribution in [0, 0.1) is 0 Å². The molecule has 2 amide bonds. The standard InChI is InChI=1S/C21H19ClN4O3/c1-13-12-25(20(28)14-5-3-2-4-6-14)9-10-26(13)21(29)18(27)16-11-24-17-15(16)7-8-23-19(17)22/h2-8,11,13,24H,9-10,12H2,1H3. The lowest BCUT2D eigenvalue weighted by atomic mass is 10.1. The summed E-state index contributed by atoms with van der Waals surface area (Å²) in [6.45, 7) is 2.89. The first-order valence-corrected chi connectivity index (χ1v) is 9.66. The molecule has 1 aliphatic rings. The molecule has 0 bridgehead atoms. The number of benzene rings is 1. The largest absolute Gasteiger partial charge is 0.358 e. The van der Waals surface area contributed by atoms with Gasteiger partial charge in [0, 0.05) is 49.0 Å². The minimum Gasteiger partial charge on any atom is -0.358 e. The molecule has 8 heteroatoms. The zero-order chi connectivity index (χ0) is 20.5. The molecular formula is C21H19ClN4O3. The first-order valence-electron chi connectivity index (χ1n) is 9.28. The molecule has 1 aliphatic heterocycles. The van der Waals surface area contributed by atoms with Crippen LogP contribution in [-0.4, -0.2) is 63.0 Å². The summed E-state index contributed by atoms with van der Waals surface area (Å²) in [6.07, 6.45) is 2.98. The Bertz CT molecular complexity index is 1100. The Morgan fingerprint density at radius 2 is 1.90 bits per heavy atom. The molecule has 3 aromatic rings. The zero-order valence-electron chi connectivity index (χ0n) is 15.8. The Hall–Kier alpha value is -3.19. The van der Waals surface area contributed by atoms with Gasteiger partial charge in [0.15, 0.2) is 5.15 Å². The third-order valence-electron chi connectivity index (χ3n) is 5.19. The maximum Gasteiger partial charge on any atom is 0.295 e. The normalized spacial score (nSPS) is 16.8. The van der Waals surface area contributed by atoms with Crippen LogP contribution < -0.4 is 0 Å². The van der Waals surface area contributed by atoms with Crippen LogP contribution in [0.15, 0.2) is 48.8 Å². The molecule has 7 nitrogen and oxygen atoms in total. The molecule has 0 aliphatic carbocycles. The van der Waals surface area contributed by atoms with Crippen molar-refractivity contribution in [3.63, 3.8) is 0 Å². The van der Waals surface area contributed by atoms with E-state index in [0.29, 0.717) is 36.1 Å². The smallest absolute Gasteiger partial charge is 0.295 e. The summed E-state index contributed by atoms with van der Waals surface area (Å²) in [5, 5.41) is 0.810. The molecule has 1 aromatic carbocycles. The molecule has 1 fully saturated rings. The molecule has 1 N–H and O–H groups in total. The Balaban J connectivity index is 1.49. The topological polar surface area (TPSA) is 86.4 Å². The van der Waals surface area contributed by atoms with Crippen LogP contribution in [0.2, 0.25) is 5.15 Å². The van der Waals surface area contributed by atoms with Gasteiger partial charge in [-0.1, -0.05) is 29.8 Å². The molecule has 2 aromatic heterocycles. The molecule has 29 heavy (non-hydrogen) atoms. The summed E-state index contributed by atoms with van der Waals surface area (Å²) in [4.78, 5) is 48.5. The number of carbonyl (C=O) groups excluding carboxylic acids is 3. The number of aromatic nitrogens is 2. The average molecular weight is 411 g/mol. The van der Waals surface area contributed by atoms with Crippen LogP contribution in [0.3, 0.4) is 0 Å². The van der Waals surface area contributed by atoms with Crippen LogP contribution in [0.25, 0.3) is 10.9 Å². The number of rotatable bonds is 3. The molecule has 0 spiro atoms. The van der Waals surface area contributed by atoms with Crippen molar-refractivity contribution in [2.24, 2.45) is 0 Å². The number of ketones is 1. The number of carbonyl (C=O) groups is 3. The lowest BCUT2D eigenvalue weighted by Gasteiger charge is -2.39. The molecule has 1 saturated heterocycles.